The fourth-order valence-electron chi connectivity index (χ4n) is 4.75. The number of rotatable bonds is 5. The standard InChI is InChI=1S/C23H21N5O4S/c29-20-12-33-19-5-4-14(6-18(19)26-20)27-11-15(32-23(27)31)8-24-7-13-10-28-21(30)9-25-17-3-1-2-16(13)22(17)28/h1-6,9,13,15,24H,7-8,10-12H2,(H,26,29)/t13-,15-/m1/s1. The third kappa shape index (κ3) is 3.55. The molecule has 9 nitrogen and oxygen atoms in total. The first kappa shape index (κ1) is 20.3. The van der Waals surface area contributed by atoms with E-state index in [1.165, 1.54) is 18.0 Å². The summed E-state index contributed by atoms with van der Waals surface area (Å²) in [6, 6.07) is 11.5. The minimum Gasteiger partial charge on any atom is -0.443 e. The van der Waals surface area contributed by atoms with Crippen LogP contribution in [0, 0.1) is 0 Å². The monoisotopic (exact) mass is 463 g/mol. The molecule has 33 heavy (non-hydrogen) atoms. The molecular formula is C23H21N5O4S. The topological polar surface area (TPSA) is 106 Å². The van der Waals surface area contributed by atoms with Crippen LogP contribution in [0.3, 0.4) is 0 Å². The normalized spacial score (nSPS) is 21.3. The van der Waals surface area contributed by atoms with E-state index >= 15 is 0 Å². The van der Waals surface area contributed by atoms with Crippen LogP contribution in [0.4, 0.5) is 16.2 Å². The number of cyclic esters (lactones) is 1. The number of nitrogens with one attached hydrogen (secondary N) is 2. The maximum absolute atomic E-state index is 12.5. The number of thioether (sulfide) groups is 1. The fourth-order valence-corrected chi connectivity index (χ4v) is 5.54. The highest BCUT2D eigenvalue weighted by Gasteiger charge is 2.33. The van der Waals surface area contributed by atoms with E-state index < -0.39 is 6.09 Å². The van der Waals surface area contributed by atoms with Crippen molar-refractivity contribution in [2.75, 3.05) is 35.6 Å². The summed E-state index contributed by atoms with van der Waals surface area (Å²) in [7, 11) is 0. The van der Waals surface area contributed by atoms with Gasteiger partial charge in [-0.15, -0.1) is 11.8 Å². The number of carbonyl (C=O) groups is 2. The molecule has 6 rings (SSSR count). The lowest BCUT2D eigenvalue weighted by Crippen LogP contribution is -2.33. The minimum absolute atomic E-state index is 0.0430. The van der Waals surface area contributed by atoms with Crippen molar-refractivity contribution in [3.8, 4) is 0 Å². The molecule has 1 saturated heterocycles. The summed E-state index contributed by atoms with van der Waals surface area (Å²) in [6.45, 7) is 2.21. The van der Waals surface area contributed by atoms with Crippen molar-refractivity contribution in [3.05, 3.63) is 58.5 Å². The van der Waals surface area contributed by atoms with Crippen molar-refractivity contribution in [3.63, 3.8) is 0 Å². The van der Waals surface area contributed by atoms with Gasteiger partial charge in [-0.2, -0.15) is 0 Å². The molecular weight excluding hydrogens is 442 g/mol. The van der Waals surface area contributed by atoms with Crippen molar-refractivity contribution >= 4 is 46.2 Å². The first-order chi connectivity index (χ1) is 16.1. The van der Waals surface area contributed by atoms with Crippen molar-refractivity contribution in [2.45, 2.75) is 23.5 Å². The minimum atomic E-state index is -0.396. The number of anilines is 2. The lowest BCUT2D eigenvalue weighted by atomic mass is 10.0. The molecule has 3 aromatic rings. The summed E-state index contributed by atoms with van der Waals surface area (Å²) in [5, 5.41) is 6.27. The molecule has 168 valence electrons. The van der Waals surface area contributed by atoms with E-state index in [2.05, 4.69) is 15.6 Å². The van der Waals surface area contributed by atoms with E-state index in [4.69, 9.17) is 4.74 Å². The van der Waals surface area contributed by atoms with Crippen LogP contribution in [0.2, 0.25) is 0 Å². The van der Waals surface area contributed by atoms with Gasteiger partial charge in [-0.05, 0) is 29.8 Å². The zero-order chi connectivity index (χ0) is 22.5. The van der Waals surface area contributed by atoms with E-state index in [1.54, 1.807) is 9.47 Å². The summed E-state index contributed by atoms with van der Waals surface area (Å²) in [6.07, 6.45) is 0.688. The summed E-state index contributed by atoms with van der Waals surface area (Å²) in [4.78, 5) is 43.2. The molecule has 3 aliphatic heterocycles. The van der Waals surface area contributed by atoms with Crippen LogP contribution < -0.4 is 21.1 Å². The summed E-state index contributed by atoms with van der Waals surface area (Å²) in [5.41, 5.74) is 4.20. The number of aromatic nitrogens is 2. The van der Waals surface area contributed by atoms with Crippen molar-refractivity contribution in [2.24, 2.45) is 0 Å². The predicted molar refractivity (Wildman–Crippen MR) is 125 cm³/mol. The van der Waals surface area contributed by atoms with Crippen molar-refractivity contribution < 1.29 is 14.3 Å². The molecule has 2 N–H and O–H groups in total. The lowest BCUT2D eigenvalue weighted by molar-refractivity contribution is -0.113. The van der Waals surface area contributed by atoms with Gasteiger partial charge in [0, 0.05) is 36.1 Å². The Bertz CT molecular complexity index is 1360. The average Bonchev–Trinajstić information content (AvgIpc) is 3.38. The highest BCUT2D eigenvalue weighted by atomic mass is 32.2. The van der Waals surface area contributed by atoms with Gasteiger partial charge in [-0.25, -0.2) is 9.78 Å². The molecule has 3 aliphatic rings. The smallest absolute Gasteiger partial charge is 0.414 e. The van der Waals surface area contributed by atoms with Crippen LogP contribution in [0.1, 0.15) is 11.5 Å². The number of para-hydroxylation sites is 1. The molecule has 10 heteroatoms. The molecule has 1 fully saturated rings. The quantitative estimate of drug-likeness (QED) is 0.597. The molecule has 2 aromatic carbocycles. The second-order valence-corrected chi connectivity index (χ2v) is 9.43. The Morgan fingerprint density at radius 1 is 1.15 bits per heavy atom. The zero-order valence-corrected chi connectivity index (χ0v) is 18.4. The number of amides is 2. The maximum Gasteiger partial charge on any atom is 0.414 e. The summed E-state index contributed by atoms with van der Waals surface area (Å²) < 4.78 is 7.35. The van der Waals surface area contributed by atoms with Gasteiger partial charge >= 0.3 is 6.09 Å². The molecule has 0 unspecified atom stereocenters. The van der Waals surface area contributed by atoms with Gasteiger partial charge in [0.1, 0.15) is 6.10 Å². The molecule has 4 heterocycles. The molecule has 0 saturated carbocycles. The number of ether oxygens (including phenoxy) is 1. The highest BCUT2D eigenvalue weighted by Crippen LogP contribution is 2.35. The molecule has 0 spiro atoms. The maximum atomic E-state index is 12.5. The number of nitrogens with zero attached hydrogens (tertiary/aromatic N) is 3. The van der Waals surface area contributed by atoms with E-state index in [1.807, 2.05) is 36.4 Å². The van der Waals surface area contributed by atoms with Crippen LogP contribution in [-0.4, -0.2) is 53.0 Å². The van der Waals surface area contributed by atoms with Gasteiger partial charge < -0.3 is 19.9 Å². The highest BCUT2D eigenvalue weighted by molar-refractivity contribution is 8.00. The SMILES string of the molecule is O=C1CSc2ccc(N3C[C@@H](CNC[C@@H]4Cn5c(=O)cnc6cccc4c65)OC3=O)cc2N1. The zero-order valence-electron chi connectivity index (χ0n) is 17.6. The van der Waals surface area contributed by atoms with E-state index in [0.29, 0.717) is 37.6 Å². The summed E-state index contributed by atoms with van der Waals surface area (Å²) >= 11 is 1.49. The average molecular weight is 464 g/mol. The number of hydrogen-bond acceptors (Lipinski definition) is 7. The fraction of sp³-hybridized carbons (Fsp3) is 0.304. The number of carbonyl (C=O) groups excluding carboxylic acids is 2. The molecule has 0 radical (unpaired) electrons. The van der Waals surface area contributed by atoms with Gasteiger partial charge in [0.2, 0.25) is 5.91 Å². The molecule has 2 atom stereocenters. The van der Waals surface area contributed by atoms with Crippen molar-refractivity contribution in [1.82, 2.24) is 14.9 Å². The molecule has 0 aliphatic carbocycles. The van der Waals surface area contributed by atoms with E-state index in [-0.39, 0.29) is 23.5 Å². The van der Waals surface area contributed by atoms with Crippen LogP contribution in [0.25, 0.3) is 11.0 Å². The van der Waals surface area contributed by atoms with Gasteiger partial charge in [0.05, 0.1) is 35.2 Å². The van der Waals surface area contributed by atoms with Crippen LogP contribution in [0.15, 0.2) is 52.3 Å². The van der Waals surface area contributed by atoms with Crippen LogP contribution in [-0.2, 0) is 16.1 Å². The first-order valence-electron chi connectivity index (χ1n) is 10.8. The number of hydrogen-bond donors (Lipinski definition) is 2. The largest absolute Gasteiger partial charge is 0.443 e. The van der Waals surface area contributed by atoms with Gasteiger partial charge in [-0.1, -0.05) is 12.1 Å². The third-order valence-corrected chi connectivity index (χ3v) is 7.36. The van der Waals surface area contributed by atoms with Gasteiger partial charge in [0.25, 0.3) is 5.56 Å². The molecule has 2 amide bonds. The number of fused-ring (bicyclic) bond motifs is 1. The Hall–Kier alpha value is -3.37. The Labute approximate surface area is 193 Å². The van der Waals surface area contributed by atoms with Crippen LogP contribution in [0.5, 0.6) is 0 Å². The van der Waals surface area contributed by atoms with Crippen LogP contribution >= 0.6 is 11.8 Å². The second kappa shape index (κ2) is 7.89. The van der Waals surface area contributed by atoms with Crippen molar-refractivity contribution in [1.29, 1.82) is 0 Å². The second-order valence-electron chi connectivity index (χ2n) is 8.41. The van der Waals surface area contributed by atoms with E-state index in [9.17, 15) is 14.4 Å². The van der Waals surface area contributed by atoms with Gasteiger partial charge in [-0.3, -0.25) is 14.5 Å². The Morgan fingerprint density at radius 3 is 2.97 bits per heavy atom. The molecule has 1 aromatic heterocycles. The Balaban J connectivity index is 1.10. The summed E-state index contributed by atoms with van der Waals surface area (Å²) in [5.74, 6) is 0.511. The number of benzene rings is 2. The van der Waals surface area contributed by atoms with Gasteiger partial charge in [0.15, 0.2) is 0 Å². The molecule has 0 bridgehead atoms. The lowest BCUT2D eigenvalue weighted by Gasteiger charge is -2.20. The third-order valence-electron chi connectivity index (χ3n) is 6.28. The Kier molecular flexibility index (Phi) is 4.84. The van der Waals surface area contributed by atoms with E-state index in [0.717, 1.165) is 27.2 Å². The predicted octanol–water partition coefficient (Wildman–Crippen LogP) is 2.15. The first-order valence-corrected chi connectivity index (χ1v) is 11.8. The Morgan fingerprint density at radius 2 is 2.06 bits per heavy atom.